The number of nitrogens with zero attached hydrogens (tertiary/aromatic N) is 1. The average Bonchev–Trinajstić information content (AvgIpc) is 3.28. The molecule has 7 nitrogen and oxygen atoms in total. The van der Waals surface area contributed by atoms with Gasteiger partial charge in [-0.15, -0.1) is 11.3 Å². The van der Waals surface area contributed by atoms with Crippen molar-refractivity contribution in [1.82, 2.24) is 5.16 Å². The van der Waals surface area contributed by atoms with Crippen LogP contribution in [0.4, 0.5) is 5.00 Å². The number of nitrogens with one attached hydrogen (secondary N) is 1. The fourth-order valence-electron chi connectivity index (χ4n) is 2.01. The number of anilines is 1. The lowest BCUT2D eigenvalue weighted by atomic mass is 10.2. The lowest BCUT2D eigenvalue weighted by molar-refractivity contribution is 0.0476. The Balaban J connectivity index is 1.60. The number of esters is 1. The second-order valence-corrected chi connectivity index (χ2v) is 6.06. The van der Waals surface area contributed by atoms with E-state index in [0.29, 0.717) is 21.3 Å². The molecule has 3 rings (SSSR count). The lowest BCUT2D eigenvalue weighted by Gasteiger charge is -2.02. The maximum Gasteiger partial charge on any atom is 0.348 e. The van der Waals surface area contributed by atoms with Crippen molar-refractivity contribution < 1.29 is 23.3 Å². The minimum Gasteiger partial charge on any atom is -0.459 e. The molecule has 0 aliphatic carbocycles. The molecule has 24 heavy (non-hydrogen) atoms. The Bertz CT molecular complexity index is 844. The molecule has 3 heterocycles. The predicted octanol–water partition coefficient (Wildman–Crippen LogP) is 3.56. The maximum absolute atomic E-state index is 12.1. The zero-order valence-electron chi connectivity index (χ0n) is 13.0. The first kappa shape index (κ1) is 16.0. The second-order valence-electron chi connectivity index (χ2n) is 4.97. The van der Waals surface area contributed by atoms with Crippen molar-refractivity contribution in [3.8, 4) is 0 Å². The zero-order chi connectivity index (χ0) is 17.1. The van der Waals surface area contributed by atoms with Gasteiger partial charge in [-0.1, -0.05) is 5.16 Å². The largest absolute Gasteiger partial charge is 0.459 e. The fourth-order valence-corrected chi connectivity index (χ4v) is 2.81. The Kier molecular flexibility index (Phi) is 4.48. The highest BCUT2D eigenvalue weighted by Crippen LogP contribution is 2.24. The van der Waals surface area contributed by atoms with Crippen molar-refractivity contribution in [2.24, 2.45) is 0 Å². The van der Waals surface area contributed by atoms with Crippen LogP contribution in [0.15, 0.2) is 39.5 Å². The van der Waals surface area contributed by atoms with E-state index in [1.54, 1.807) is 38.1 Å². The normalized spacial score (nSPS) is 10.6. The average molecular weight is 346 g/mol. The van der Waals surface area contributed by atoms with E-state index >= 15 is 0 Å². The van der Waals surface area contributed by atoms with Gasteiger partial charge in [-0.2, -0.15) is 0 Å². The molecule has 3 aromatic rings. The Hall–Kier alpha value is -2.87. The minimum absolute atomic E-state index is 0.0893. The smallest absolute Gasteiger partial charge is 0.348 e. The van der Waals surface area contributed by atoms with Gasteiger partial charge in [-0.3, -0.25) is 4.79 Å². The van der Waals surface area contributed by atoms with E-state index < -0.39 is 5.97 Å². The molecule has 0 spiro atoms. The van der Waals surface area contributed by atoms with Gasteiger partial charge in [0, 0.05) is 0 Å². The van der Waals surface area contributed by atoms with E-state index in [1.807, 2.05) is 0 Å². The molecule has 0 aliphatic rings. The first-order valence-corrected chi connectivity index (χ1v) is 7.90. The van der Waals surface area contributed by atoms with Crippen LogP contribution >= 0.6 is 11.3 Å². The Morgan fingerprint density at radius 1 is 1.29 bits per heavy atom. The number of amides is 1. The molecule has 0 bridgehead atoms. The van der Waals surface area contributed by atoms with E-state index in [-0.39, 0.29) is 18.3 Å². The van der Waals surface area contributed by atoms with Crippen LogP contribution in [-0.2, 0) is 11.3 Å². The molecular formula is C16H14N2O5S. The molecule has 0 atom stereocenters. The number of carbonyl (C=O) groups excluding carboxylic acids is 2. The van der Waals surface area contributed by atoms with Gasteiger partial charge in [0.2, 0.25) is 0 Å². The summed E-state index contributed by atoms with van der Waals surface area (Å²) in [6.45, 7) is 3.63. The van der Waals surface area contributed by atoms with E-state index in [1.165, 1.54) is 6.26 Å². The molecule has 124 valence electrons. The highest BCUT2D eigenvalue weighted by molar-refractivity contribution is 7.18. The van der Waals surface area contributed by atoms with Crippen LogP contribution in [0.2, 0.25) is 0 Å². The SMILES string of the molecule is Cc1noc(C)c1COC(=O)c1ccc(NC(=O)c2ccco2)s1. The maximum atomic E-state index is 12.1. The third-order valence-corrected chi connectivity index (χ3v) is 4.30. The molecule has 1 N–H and O–H groups in total. The molecule has 3 aromatic heterocycles. The lowest BCUT2D eigenvalue weighted by Crippen LogP contribution is -2.09. The molecule has 0 saturated carbocycles. The van der Waals surface area contributed by atoms with E-state index in [4.69, 9.17) is 13.7 Å². The standard InChI is InChI=1S/C16H14N2O5S/c1-9-11(10(2)23-18-9)8-22-16(20)13-5-6-14(24-13)17-15(19)12-4-3-7-21-12/h3-7H,8H2,1-2H3,(H,17,19). The first-order valence-electron chi connectivity index (χ1n) is 7.08. The monoisotopic (exact) mass is 346 g/mol. The van der Waals surface area contributed by atoms with Crippen molar-refractivity contribution in [1.29, 1.82) is 0 Å². The van der Waals surface area contributed by atoms with Gasteiger partial charge in [-0.05, 0) is 38.1 Å². The van der Waals surface area contributed by atoms with E-state index in [2.05, 4.69) is 10.5 Å². The van der Waals surface area contributed by atoms with Crippen molar-refractivity contribution in [2.75, 3.05) is 5.32 Å². The van der Waals surface area contributed by atoms with Gasteiger partial charge >= 0.3 is 5.97 Å². The topological polar surface area (TPSA) is 94.6 Å². The van der Waals surface area contributed by atoms with Gasteiger partial charge < -0.3 is 19.0 Å². The summed E-state index contributed by atoms with van der Waals surface area (Å²) in [5, 5.41) is 7.00. The Morgan fingerprint density at radius 3 is 2.79 bits per heavy atom. The number of furan rings is 1. The van der Waals surface area contributed by atoms with Crippen LogP contribution in [0.1, 0.15) is 37.2 Å². The summed E-state index contributed by atoms with van der Waals surface area (Å²) in [6.07, 6.45) is 1.42. The third-order valence-electron chi connectivity index (χ3n) is 3.32. The number of carbonyl (C=O) groups is 2. The van der Waals surface area contributed by atoms with Gasteiger partial charge in [0.1, 0.15) is 17.2 Å². The van der Waals surface area contributed by atoms with Gasteiger partial charge in [-0.25, -0.2) is 4.79 Å². The summed E-state index contributed by atoms with van der Waals surface area (Å²) in [5.74, 6) is -0.0280. The number of hydrogen-bond acceptors (Lipinski definition) is 7. The quantitative estimate of drug-likeness (QED) is 0.710. The highest BCUT2D eigenvalue weighted by atomic mass is 32.1. The summed E-state index contributed by atoms with van der Waals surface area (Å²) in [5.41, 5.74) is 1.45. The molecule has 0 saturated heterocycles. The van der Waals surface area contributed by atoms with Crippen molar-refractivity contribution >= 4 is 28.2 Å². The van der Waals surface area contributed by atoms with Crippen LogP contribution < -0.4 is 5.32 Å². The summed E-state index contributed by atoms with van der Waals surface area (Å²) >= 11 is 1.12. The number of thiophene rings is 1. The van der Waals surface area contributed by atoms with Gasteiger partial charge in [0.05, 0.1) is 22.5 Å². The van der Waals surface area contributed by atoms with E-state index in [0.717, 1.165) is 16.9 Å². The summed E-state index contributed by atoms with van der Waals surface area (Å²) < 4.78 is 15.3. The van der Waals surface area contributed by atoms with Gasteiger partial charge in [0.15, 0.2) is 5.76 Å². The molecular weight excluding hydrogens is 332 g/mol. The van der Waals surface area contributed by atoms with Crippen molar-refractivity contribution in [3.05, 3.63) is 58.2 Å². The Morgan fingerprint density at radius 2 is 2.12 bits per heavy atom. The molecule has 8 heteroatoms. The Labute approximate surface area is 141 Å². The molecule has 0 unspecified atom stereocenters. The molecule has 0 aliphatic heterocycles. The molecule has 1 amide bonds. The van der Waals surface area contributed by atoms with Crippen molar-refractivity contribution in [3.63, 3.8) is 0 Å². The van der Waals surface area contributed by atoms with Crippen LogP contribution in [-0.4, -0.2) is 17.0 Å². The van der Waals surface area contributed by atoms with Crippen LogP contribution in [0.5, 0.6) is 0 Å². The molecule has 0 fully saturated rings. The second kappa shape index (κ2) is 6.71. The van der Waals surface area contributed by atoms with Crippen LogP contribution in [0, 0.1) is 13.8 Å². The number of hydrogen-bond donors (Lipinski definition) is 1. The number of aromatic nitrogens is 1. The minimum atomic E-state index is -0.474. The van der Waals surface area contributed by atoms with Crippen LogP contribution in [0.25, 0.3) is 0 Å². The summed E-state index contributed by atoms with van der Waals surface area (Å²) in [4.78, 5) is 24.4. The zero-order valence-corrected chi connectivity index (χ0v) is 13.8. The molecule has 0 aromatic carbocycles. The highest BCUT2D eigenvalue weighted by Gasteiger charge is 2.16. The van der Waals surface area contributed by atoms with E-state index in [9.17, 15) is 9.59 Å². The first-order chi connectivity index (χ1) is 11.5. The third kappa shape index (κ3) is 3.38. The summed E-state index contributed by atoms with van der Waals surface area (Å²) in [7, 11) is 0. The number of rotatable bonds is 5. The predicted molar refractivity (Wildman–Crippen MR) is 86.1 cm³/mol. The van der Waals surface area contributed by atoms with Gasteiger partial charge in [0.25, 0.3) is 5.91 Å². The fraction of sp³-hybridized carbons (Fsp3) is 0.188. The number of ether oxygens (including phenoxy) is 1. The van der Waals surface area contributed by atoms with Crippen molar-refractivity contribution in [2.45, 2.75) is 20.5 Å². The van der Waals surface area contributed by atoms with Crippen LogP contribution in [0.3, 0.4) is 0 Å². The molecule has 0 radical (unpaired) electrons. The number of aryl methyl sites for hydroxylation is 2. The summed E-state index contributed by atoms with van der Waals surface area (Å²) in [6, 6.07) is 6.42.